The van der Waals surface area contributed by atoms with Gasteiger partial charge >= 0.3 is 0 Å². The lowest BCUT2D eigenvalue weighted by atomic mass is 10.2. The molecule has 29 heavy (non-hydrogen) atoms. The van der Waals surface area contributed by atoms with Gasteiger partial charge in [-0.05, 0) is 36.4 Å². The van der Waals surface area contributed by atoms with Crippen LogP contribution in [0, 0.1) is 5.82 Å². The molecule has 0 unspecified atom stereocenters. The number of hydrogen-bond donors (Lipinski definition) is 2. The highest BCUT2D eigenvalue weighted by molar-refractivity contribution is 5.88. The van der Waals surface area contributed by atoms with Crippen LogP contribution < -0.4 is 10.2 Å². The zero-order valence-corrected chi connectivity index (χ0v) is 15.6. The van der Waals surface area contributed by atoms with Gasteiger partial charge in [0, 0.05) is 24.5 Å². The molecule has 0 atom stereocenters. The fourth-order valence-corrected chi connectivity index (χ4v) is 3.41. The number of halogens is 1. The van der Waals surface area contributed by atoms with Crippen molar-refractivity contribution in [2.24, 2.45) is 0 Å². The van der Waals surface area contributed by atoms with Gasteiger partial charge in [0.2, 0.25) is 0 Å². The van der Waals surface area contributed by atoms with E-state index in [2.05, 4.69) is 42.5 Å². The maximum atomic E-state index is 14.2. The molecule has 5 rings (SSSR count). The van der Waals surface area contributed by atoms with Crippen LogP contribution >= 0.6 is 0 Å². The maximum absolute atomic E-state index is 14.2. The van der Waals surface area contributed by atoms with E-state index in [4.69, 9.17) is 4.74 Å². The van der Waals surface area contributed by atoms with Gasteiger partial charge in [0.15, 0.2) is 11.6 Å². The van der Waals surface area contributed by atoms with Crippen LogP contribution in [0.5, 0.6) is 0 Å². The number of ether oxygens (including phenoxy) is 1. The molecule has 2 aromatic carbocycles. The number of H-pyrrole nitrogens is 1. The number of rotatable bonds is 4. The lowest BCUT2D eigenvalue weighted by molar-refractivity contribution is 0.122. The Hall–Kier alpha value is -3.52. The lowest BCUT2D eigenvalue weighted by Crippen LogP contribution is -2.36. The number of fused-ring (bicyclic) bond motifs is 1. The Kier molecular flexibility index (Phi) is 4.53. The molecule has 0 amide bonds. The first kappa shape index (κ1) is 17.6. The van der Waals surface area contributed by atoms with Gasteiger partial charge in [-0.25, -0.2) is 14.4 Å². The van der Waals surface area contributed by atoms with E-state index in [9.17, 15) is 4.39 Å². The van der Waals surface area contributed by atoms with Gasteiger partial charge in [-0.3, -0.25) is 5.10 Å². The number of hydrogen-bond acceptors (Lipinski definition) is 6. The number of anilines is 3. The van der Waals surface area contributed by atoms with Gasteiger partial charge in [0.25, 0.3) is 0 Å². The molecule has 0 spiro atoms. The van der Waals surface area contributed by atoms with E-state index in [0.29, 0.717) is 28.2 Å². The fourth-order valence-electron chi connectivity index (χ4n) is 3.41. The molecule has 1 aliphatic rings. The highest BCUT2D eigenvalue weighted by atomic mass is 19.1. The molecule has 2 N–H and O–H groups in total. The van der Waals surface area contributed by atoms with E-state index in [1.165, 1.54) is 6.07 Å². The summed E-state index contributed by atoms with van der Waals surface area (Å²) in [5.74, 6) is 0.491. The van der Waals surface area contributed by atoms with Crippen molar-refractivity contribution in [1.82, 2.24) is 20.2 Å². The summed E-state index contributed by atoms with van der Waals surface area (Å²) < 4.78 is 19.7. The fraction of sp³-hybridized carbons (Fsp3) is 0.190. The van der Waals surface area contributed by atoms with Gasteiger partial charge in [-0.15, -0.1) is 0 Å². The number of morpholine rings is 1. The third kappa shape index (κ3) is 3.50. The zero-order valence-electron chi connectivity index (χ0n) is 15.6. The number of nitrogens with zero attached hydrogens (tertiary/aromatic N) is 4. The molecule has 1 aliphatic heterocycles. The summed E-state index contributed by atoms with van der Waals surface area (Å²) in [6, 6.07) is 14.6. The van der Waals surface area contributed by atoms with Crippen LogP contribution in [0.25, 0.3) is 22.4 Å². The zero-order chi connectivity index (χ0) is 19.6. The quantitative estimate of drug-likeness (QED) is 0.553. The Morgan fingerprint density at radius 2 is 1.79 bits per heavy atom. The summed E-state index contributed by atoms with van der Waals surface area (Å²) in [6.07, 6.45) is 1.61. The summed E-state index contributed by atoms with van der Waals surface area (Å²) >= 11 is 0. The van der Waals surface area contributed by atoms with E-state index < -0.39 is 0 Å². The molecule has 7 nitrogen and oxygen atoms in total. The number of nitrogens with one attached hydrogen (secondary N) is 2. The van der Waals surface area contributed by atoms with E-state index in [-0.39, 0.29) is 5.82 Å². The third-order valence-electron chi connectivity index (χ3n) is 4.92. The second-order valence-corrected chi connectivity index (χ2v) is 6.78. The summed E-state index contributed by atoms with van der Waals surface area (Å²) in [5, 5.41) is 10.3. The summed E-state index contributed by atoms with van der Waals surface area (Å²) in [5.41, 5.74) is 3.66. The number of benzene rings is 2. The predicted molar refractivity (Wildman–Crippen MR) is 110 cm³/mol. The van der Waals surface area contributed by atoms with Crippen LogP contribution in [0.2, 0.25) is 0 Å². The normalized spacial score (nSPS) is 14.3. The standard InChI is InChI=1S/C21H19FN6O/c22-17-4-2-1-3-16(17)20-25-18-13-23-27-19(18)21(26-20)24-14-5-7-15(8-6-14)28-9-11-29-12-10-28/h1-8,13H,9-12H2,(H,23,27)(H,24,25,26). The molecule has 2 aromatic heterocycles. The minimum Gasteiger partial charge on any atom is -0.378 e. The Balaban J connectivity index is 1.47. The van der Waals surface area contributed by atoms with Crippen LogP contribution in [0.1, 0.15) is 0 Å². The Morgan fingerprint density at radius 1 is 1.00 bits per heavy atom. The van der Waals surface area contributed by atoms with Crippen molar-refractivity contribution in [1.29, 1.82) is 0 Å². The van der Waals surface area contributed by atoms with Crippen molar-refractivity contribution in [3.63, 3.8) is 0 Å². The second-order valence-electron chi connectivity index (χ2n) is 6.78. The lowest BCUT2D eigenvalue weighted by Gasteiger charge is -2.28. The SMILES string of the molecule is Fc1ccccc1-c1nc(Nc2ccc(N3CCOCC3)cc2)c2[nH]ncc2n1. The van der Waals surface area contributed by atoms with Crippen molar-refractivity contribution in [3.05, 3.63) is 60.5 Å². The van der Waals surface area contributed by atoms with Crippen molar-refractivity contribution >= 4 is 28.2 Å². The molecular weight excluding hydrogens is 371 g/mol. The van der Waals surface area contributed by atoms with Crippen molar-refractivity contribution in [2.45, 2.75) is 0 Å². The third-order valence-corrected chi connectivity index (χ3v) is 4.92. The predicted octanol–water partition coefficient (Wildman–Crippen LogP) is 3.74. The molecule has 8 heteroatoms. The molecule has 1 fully saturated rings. The molecule has 4 aromatic rings. The number of aromatic nitrogens is 4. The Bertz CT molecular complexity index is 1140. The first-order valence-electron chi connectivity index (χ1n) is 9.44. The monoisotopic (exact) mass is 390 g/mol. The van der Waals surface area contributed by atoms with E-state index in [0.717, 1.165) is 37.7 Å². The number of aromatic amines is 1. The highest BCUT2D eigenvalue weighted by Crippen LogP contribution is 2.28. The van der Waals surface area contributed by atoms with Crippen molar-refractivity contribution in [2.75, 3.05) is 36.5 Å². The second kappa shape index (κ2) is 7.48. The first-order chi connectivity index (χ1) is 14.3. The van der Waals surface area contributed by atoms with Gasteiger partial charge < -0.3 is 15.0 Å². The van der Waals surface area contributed by atoms with E-state index >= 15 is 0 Å². The van der Waals surface area contributed by atoms with E-state index in [1.807, 2.05) is 12.1 Å². The molecule has 0 bridgehead atoms. The minimum absolute atomic E-state index is 0.310. The molecule has 0 saturated carbocycles. The average molecular weight is 390 g/mol. The average Bonchev–Trinajstić information content (AvgIpc) is 3.24. The summed E-state index contributed by atoms with van der Waals surface area (Å²) in [4.78, 5) is 11.3. The summed E-state index contributed by atoms with van der Waals surface area (Å²) in [6.45, 7) is 3.27. The molecule has 0 aliphatic carbocycles. The molecule has 1 saturated heterocycles. The maximum Gasteiger partial charge on any atom is 0.165 e. The Labute approximate surface area is 166 Å². The van der Waals surface area contributed by atoms with Crippen LogP contribution in [-0.4, -0.2) is 46.5 Å². The molecule has 0 radical (unpaired) electrons. The highest BCUT2D eigenvalue weighted by Gasteiger charge is 2.15. The van der Waals surface area contributed by atoms with Crippen LogP contribution in [-0.2, 0) is 4.74 Å². The molecule has 3 heterocycles. The Morgan fingerprint density at radius 3 is 2.59 bits per heavy atom. The molecule has 146 valence electrons. The topological polar surface area (TPSA) is 79.0 Å². The first-order valence-corrected chi connectivity index (χ1v) is 9.44. The van der Waals surface area contributed by atoms with Gasteiger partial charge in [-0.1, -0.05) is 12.1 Å². The molecular formula is C21H19FN6O. The van der Waals surface area contributed by atoms with Crippen molar-refractivity contribution < 1.29 is 9.13 Å². The van der Waals surface area contributed by atoms with Gasteiger partial charge in [0.05, 0.1) is 25.0 Å². The van der Waals surface area contributed by atoms with Gasteiger partial charge in [-0.2, -0.15) is 5.10 Å². The van der Waals surface area contributed by atoms with Crippen LogP contribution in [0.15, 0.2) is 54.7 Å². The largest absolute Gasteiger partial charge is 0.378 e. The van der Waals surface area contributed by atoms with Crippen LogP contribution in [0.4, 0.5) is 21.6 Å². The van der Waals surface area contributed by atoms with Crippen molar-refractivity contribution in [3.8, 4) is 11.4 Å². The van der Waals surface area contributed by atoms with Gasteiger partial charge in [0.1, 0.15) is 16.9 Å². The smallest absolute Gasteiger partial charge is 0.165 e. The van der Waals surface area contributed by atoms with E-state index in [1.54, 1.807) is 24.4 Å². The van der Waals surface area contributed by atoms with Crippen LogP contribution in [0.3, 0.4) is 0 Å². The summed E-state index contributed by atoms with van der Waals surface area (Å²) in [7, 11) is 0. The minimum atomic E-state index is -0.365.